The third-order valence-corrected chi connectivity index (χ3v) is 3.32. The molecule has 1 atom stereocenters. The van der Waals surface area contributed by atoms with E-state index in [0.29, 0.717) is 5.52 Å². The number of nitrogens with zero attached hydrogens (tertiary/aromatic N) is 1. The zero-order valence-electron chi connectivity index (χ0n) is 9.51. The van der Waals surface area contributed by atoms with Gasteiger partial charge in [0.25, 0.3) is 0 Å². The van der Waals surface area contributed by atoms with E-state index in [2.05, 4.69) is 15.5 Å². The molecule has 2 aromatic rings. The minimum absolute atomic E-state index is 0.173. The lowest BCUT2D eigenvalue weighted by molar-refractivity contribution is -0.137. The molecule has 3 nitrogen and oxygen atoms in total. The Hall–Kier alpha value is -1.56. The lowest BCUT2D eigenvalue weighted by atomic mass is 10.1. The molecular weight excluding hydrogens is 243 g/mol. The Kier molecular flexibility index (Phi) is 2.55. The molecule has 2 heterocycles. The average molecular weight is 255 g/mol. The number of rotatable bonds is 1. The van der Waals surface area contributed by atoms with Crippen LogP contribution in [0.5, 0.6) is 0 Å². The number of aromatic nitrogens is 2. The second-order valence-electron chi connectivity index (χ2n) is 4.52. The highest BCUT2D eigenvalue weighted by atomic mass is 19.4. The van der Waals surface area contributed by atoms with Crippen LogP contribution in [0.15, 0.2) is 18.2 Å². The Labute approximate surface area is 101 Å². The van der Waals surface area contributed by atoms with Crippen LogP contribution in [0.3, 0.4) is 0 Å². The number of alkyl halides is 3. The van der Waals surface area contributed by atoms with Gasteiger partial charge in [-0.2, -0.15) is 18.3 Å². The number of fused-ring (bicyclic) bond motifs is 1. The molecule has 0 saturated carbocycles. The zero-order chi connectivity index (χ0) is 12.8. The number of H-pyrrole nitrogens is 1. The van der Waals surface area contributed by atoms with E-state index in [1.165, 1.54) is 6.07 Å². The molecule has 0 bridgehead atoms. The molecule has 0 radical (unpaired) electrons. The highest BCUT2D eigenvalue weighted by molar-refractivity contribution is 5.82. The van der Waals surface area contributed by atoms with Crippen LogP contribution in [-0.2, 0) is 6.18 Å². The Bertz CT molecular complexity index is 567. The molecular formula is C12H12F3N3. The molecule has 0 aliphatic carbocycles. The summed E-state index contributed by atoms with van der Waals surface area (Å²) in [6.07, 6.45) is -2.26. The first-order valence-electron chi connectivity index (χ1n) is 5.84. The van der Waals surface area contributed by atoms with Crippen molar-refractivity contribution in [3.63, 3.8) is 0 Å². The Morgan fingerprint density at radius 3 is 2.78 bits per heavy atom. The van der Waals surface area contributed by atoms with Gasteiger partial charge in [-0.05, 0) is 31.5 Å². The molecule has 1 aliphatic rings. The first-order valence-corrected chi connectivity index (χ1v) is 5.84. The van der Waals surface area contributed by atoms with Crippen molar-refractivity contribution in [1.29, 1.82) is 0 Å². The van der Waals surface area contributed by atoms with Crippen LogP contribution in [-0.4, -0.2) is 16.7 Å². The van der Waals surface area contributed by atoms with E-state index >= 15 is 0 Å². The molecule has 96 valence electrons. The Balaban J connectivity index is 2.05. The molecule has 0 spiro atoms. The topological polar surface area (TPSA) is 40.7 Å². The minimum Gasteiger partial charge on any atom is -0.309 e. The van der Waals surface area contributed by atoms with E-state index < -0.39 is 11.7 Å². The lowest BCUT2D eigenvalue weighted by Gasteiger charge is -2.09. The maximum Gasteiger partial charge on any atom is 0.416 e. The van der Waals surface area contributed by atoms with Gasteiger partial charge >= 0.3 is 6.18 Å². The second kappa shape index (κ2) is 3.98. The van der Waals surface area contributed by atoms with Gasteiger partial charge in [-0.15, -0.1) is 0 Å². The summed E-state index contributed by atoms with van der Waals surface area (Å²) in [4.78, 5) is 0. The minimum atomic E-state index is -4.32. The Morgan fingerprint density at radius 2 is 2.11 bits per heavy atom. The summed E-state index contributed by atoms with van der Waals surface area (Å²) in [6.45, 7) is 0.936. The molecule has 1 aliphatic heterocycles. The first-order chi connectivity index (χ1) is 8.55. The van der Waals surface area contributed by atoms with E-state index in [1.54, 1.807) is 0 Å². The van der Waals surface area contributed by atoms with E-state index in [4.69, 9.17) is 0 Å². The fraction of sp³-hybridized carbons (Fsp3) is 0.417. The quantitative estimate of drug-likeness (QED) is 0.822. The maximum atomic E-state index is 12.6. The van der Waals surface area contributed by atoms with Crippen LogP contribution in [0.4, 0.5) is 13.2 Å². The van der Waals surface area contributed by atoms with Crippen LogP contribution in [0, 0.1) is 0 Å². The van der Waals surface area contributed by atoms with Crippen molar-refractivity contribution >= 4 is 10.9 Å². The monoisotopic (exact) mass is 255 g/mol. The number of benzene rings is 1. The van der Waals surface area contributed by atoms with Gasteiger partial charge in [-0.3, -0.25) is 5.10 Å². The van der Waals surface area contributed by atoms with Crippen LogP contribution in [0.25, 0.3) is 10.9 Å². The molecule has 2 N–H and O–H groups in total. The van der Waals surface area contributed by atoms with E-state index in [9.17, 15) is 13.2 Å². The van der Waals surface area contributed by atoms with Crippen LogP contribution in [0.1, 0.15) is 30.1 Å². The molecule has 1 aromatic carbocycles. The number of hydrogen-bond acceptors (Lipinski definition) is 2. The van der Waals surface area contributed by atoms with Crippen molar-refractivity contribution < 1.29 is 13.2 Å². The maximum absolute atomic E-state index is 12.6. The SMILES string of the molecule is FC(F)(F)c1ccc2c(C3CCCN3)[nH]nc2c1. The van der Waals surface area contributed by atoms with Gasteiger partial charge in [0.05, 0.1) is 16.8 Å². The lowest BCUT2D eigenvalue weighted by Crippen LogP contribution is -2.13. The fourth-order valence-corrected chi connectivity index (χ4v) is 2.41. The predicted octanol–water partition coefficient (Wildman–Crippen LogP) is 3.01. The first kappa shape index (κ1) is 11.5. The number of halogens is 3. The van der Waals surface area contributed by atoms with Crippen LogP contribution < -0.4 is 5.32 Å². The molecule has 18 heavy (non-hydrogen) atoms. The molecule has 1 unspecified atom stereocenters. The van der Waals surface area contributed by atoms with Crippen molar-refractivity contribution in [2.24, 2.45) is 0 Å². The van der Waals surface area contributed by atoms with Crippen LogP contribution in [0.2, 0.25) is 0 Å². The van der Waals surface area contributed by atoms with Gasteiger partial charge in [-0.25, -0.2) is 0 Å². The summed E-state index contributed by atoms with van der Waals surface area (Å²) in [6, 6.07) is 3.86. The van der Waals surface area contributed by atoms with Gasteiger partial charge < -0.3 is 5.32 Å². The third kappa shape index (κ3) is 1.86. The van der Waals surface area contributed by atoms with Crippen LogP contribution >= 0.6 is 0 Å². The molecule has 3 rings (SSSR count). The molecule has 1 saturated heterocycles. The van der Waals surface area contributed by atoms with Crippen molar-refractivity contribution in [2.45, 2.75) is 25.1 Å². The summed E-state index contributed by atoms with van der Waals surface area (Å²) in [5, 5.41) is 10.9. The van der Waals surface area contributed by atoms with E-state index in [0.717, 1.165) is 42.6 Å². The predicted molar refractivity (Wildman–Crippen MR) is 61.1 cm³/mol. The normalized spacial score (nSPS) is 20.7. The largest absolute Gasteiger partial charge is 0.416 e. The highest BCUT2D eigenvalue weighted by Crippen LogP contribution is 2.33. The summed E-state index contributed by atoms with van der Waals surface area (Å²) < 4.78 is 37.7. The van der Waals surface area contributed by atoms with Gasteiger partial charge in [-0.1, -0.05) is 6.07 Å². The van der Waals surface area contributed by atoms with E-state index in [1.807, 2.05) is 0 Å². The summed E-state index contributed by atoms with van der Waals surface area (Å²) in [5.41, 5.74) is 0.595. The van der Waals surface area contributed by atoms with Gasteiger partial charge in [0.2, 0.25) is 0 Å². The fourth-order valence-electron chi connectivity index (χ4n) is 2.41. The average Bonchev–Trinajstić information content (AvgIpc) is 2.95. The summed E-state index contributed by atoms with van der Waals surface area (Å²) in [7, 11) is 0. The second-order valence-corrected chi connectivity index (χ2v) is 4.52. The number of aromatic amines is 1. The molecule has 0 amide bonds. The third-order valence-electron chi connectivity index (χ3n) is 3.32. The number of nitrogens with one attached hydrogen (secondary N) is 2. The smallest absolute Gasteiger partial charge is 0.309 e. The standard InChI is InChI=1S/C12H12F3N3/c13-12(14,15)7-3-4-8-10(6-7)17-18-11(8)9-2-1-5-16-9/h3-4,6,9,16H,1-2,5H2,(H,17,18). The Morgan fingerprint density at radius 1 is 1.28 bits per heavy atom. The molecule has 1 fully saturated rings. The summed E-state index contributed by atoms with van der Waals surface area (Å²) in [5.74, 6) is 0. The number of hydrogen-bond donors (Lipinski definition) is 2. The van der Waals surface area contributed by atoms with Gasteiger partial charge in [0.1, 0.15) is 0 Å². The van der Waals surface area contributed by atoms with Gasteiger partial charge in [0.15, 0.2) is 0 Å². The van der Waals surface area contributed by atoms with E-state index in [-0.39, 0.29) is 6.04 Å². The van der Waals surface area contributed by atoms with Crippen molar-refractivity contribution in [2.75, 3.05) is 6.54 Å². The van der Waals surface area contributed by atoms with Crippen molar-refractivity contribution in [3.8, 4) is 0 Å². The summed E-state index contributed by atoms with van der Waals surface area (Å²) >= 11 is 0. The van der Waals surface area contributed by atoms with Gasteiger partial charge in [0, 0.05) is 11.4 Å². The molecule has 1 aromatic heterocycles. The molecule has 6 heteroatoms. The highest BCUT2D eigenvalue weighted by Gasteiger charge is 2.31. The zero-order valence-corrected chi connectivity index (χ0v) is 9.51. The van der Waals surface area contributed by atoms with Crippen molar-refractivity contribution in [1.82, 2.24) is 15.5 Å². The van der Waals surface area contributed by atoms with Crippen molar-refractivity contribution in [3.05, 3.63) is 29.5 Å².